The zero-order chi connectivity index (χ0) is 28.8. The smallest absolute Gasteiger partial charge is 0.224 e. The molecule has 0 saturated carbocycles. The molecule has 0 aliphatic carbocycles. The predicted octanol–water partition coefficient (Wildman–Crippen LogP) is 8.91. The van der Waals surface area contributed by atoms with Gasteiger partial charge in [0, 0.05) is 45.8 Å². The molecule has 2 aromatic heterocycles. The molecule has 2 amide bonds. The number of carbonyl (C=O) groups excluding carboxylic acids is 2. The first-order chi connectivity index (χ1) is 19.9. The Morgan fingerprint density at radius 1 is 0.610 bits per heavy atom. The molecule has 2 N–H and O–H groups in total. The number of hydrogen-bond acceptors (Lipinski definition) is 4. The van der Waals surface area contributed by atoms with Gasteiger partial charge in [0.25, 0.3) is 0 Å². The van der Waals surface area contributed by atoms with Crippen molar-refractivity contribution in [3.05, 3.63) is 96.0 Å². The summed E-state index contributed by atoms with van der Waals surface area (Å²) in [5, 5.41) is 10.4. The summed E-state index contributed by atoms with van der Waals surface area (Å²) in [6.45, 7) is 3.93. The van der Waals surface area contributed by atoms with E-state index in [1.807, 2.05) is 86.6 Å². The van der Waals surface area contributed by atoms with E-state index in [1.54, 1.807) is 0 Å². The van der Waals surface area contributed by atoms with Crippen LogP contribution in [-0.2, 0) is 9.59 Å². The van der Waals surface area contributed by atoms with Gasteiger partial charge < -0.3 is 10.6 Å². The molecule has 0 bridgehead atoms. The van der Waals surface area contributed by atoms with Crippen molar-refractivity contribution in [1.82, 2.24) is 9.97 Å². The highest BCUT2D eigenvalue weighted by molar-refractivity contribution is 6.40. The van der Waals surface area contributed by atoms with Gasteiger partial charge in [-0.3, -0.25) is 9.59 Å². The Morgan fingerprint density at radius 3 is 1.51 bits per heavy atom. The van der Waals surface area contributed by atoms with Crippen molar-refractivity contribution < 1.29 is 9.59 Å². The third-order valence-corrected chi connectivity index (χ3v) is 7.06. The highest BCUT2D eigenvalue weighted by atomic mass is 35.5. The van der Waals surface area contributed by atoms with Crippen molar-refractivity contribution in [2.75, 3.05) is 10.6 Å². The Hall–Kier alpha value is -4.55. The zero-order valence-electron chi connectivity index (χ0n) is 23.1. The fourth-order valence-electron chi connectivity index (χ4n) is 4.67. The Balaban J connectivity index is 0.000000200. The number of pyridine rings is 2. The molecular formula is C34H31ClN4O2. The third-order valence-electron chi connectivity index (χ3n) is 6.66. The molecule has 0 saturated heterocycles. The summed E-state index contributed by atoms with van der Waals surface area (Å²) in [4.78, 5) is 32.9. The minimum absolute atomic E-state index is 0.0235. The molecule has 0 radical (unpaired) electrons. The maximum absolute atomic E-state index is 11.8. The number of para-hydroxylation sites is 2. The standard InChI is InChI=1S/C21H22ClN3O2.C13H9N/c1-3-5-19(26)23-13-7-9-15-17(11-13)25-18-12-14(24-20(27)6-4-2)8-10-16(18)21(15)22;1-3-7-12-10(5-1)9-11-6-2-4-8-13(11)14-12/h7-12H,3-6H2,1-2H3,(H,23,26)(H,24,27);1-9H. The van der Waals surface area contributed by atoms with Crippen LogP contribution in [0.1, 0.15) is 39.5 Å². The zero-order valence-corrected chi connectivity index (χ0v) is 23.8. The van der Waals surface area contributed by atoms with E-state index in [2.05, 4.69) is 38.8 Å². The van der Waals surface area contributed by atoms with E-state index in [9.17, 15) is 9.59 Å². The van der Waals surface area contributed by atoms with Crippen LogP contribution >= 0.6 is 11.6 Å². The highest BCUT2D eigenvalue weighted by Gasteiger charge is 2.11. The van der Waals surface area contributed by atoms with E-state index < -0.39 is 0 Å². The van der Waals surface area contributed by atoms with Gasteiger partial charge in [-0.2, -0.15) is 0 Å². The Kier molecular flexibility index (Phi) is 8.70. The third kappa shape index (κ3) is 6.61. The summed E-state index contributed by atoms with van der Waals surface area (Å²) in [6.07, 6.45) is 2.54. The molecular weight excluding hydrogens is 532 g/mol. The van der Waals surface area contributed by atoms with E-state index >= 15 is 0 Å². The van der Waals surface area contributed by atoms with Crippen LogP contribution in [0.3, 0.4) is 0 Å². The molecule has 0 spiro atoms. The van der Waals surface area contributed by atoms with Gasteiger partial charge in [-0.25, -0.2) is 9.97 Å². The topological polar surface area (TPSA) is 84.0 Å². The summed E-state index contributed by atoms with van der Waals surface area (Å²) in [7, 11) is 0. The second kappa shape index (κ2) is 12.7. The van der Waals surface area contributed by atoms with Crippen LogP contribution in [0, 0.1) is 0 Å². The van der Waals surface area contributed by atoms with Gasteiger partial charge in [0.2, 0.25) is 11.8 Å². The van der Waals surface area contributed by atoms with Crippen LogP contribution in [0.5, 0.6) is 0 Å². The van der Waals surface area contributed by atoms with E-state index in [0.717, 1.165) is 34.6 Å². The van der Waals surface area contributed by atoms with Crippen molar-refractivity contribution in [3.8, 4) is 0 Å². The summed E-state index contributed by atoms with van der Waals surface area (Å²) in [5.41, 5.74) is 4.89. The number of amides is 2. The molecule has 0 atom stereocenters. The normalized spacial score (nSPS) is 10.9. The van der Waals surface area contributed by atoms with E-state index in [1.165, 1.54) is 10.8 Å². The van der Waals surface area contributed by atoms with Gasteiger partial charge in [-0.05, 0) is 67.4 Å². The number of hydrogen-bond donors (Lipinski definition) is 2. The lowest BCUT2D eigenvalue weighted by atomic mass is 10.1. The first-order valence-corrected chi connectivity index (χ1v) is 14.2. The molecule has 0 unspecified atom stereocenters. The molecule has 0 aliphatic rings. The average molecular weight is 563 g/mol. The quantitative estimate of drug-likeness (QED) is 0.198. The van der Waals surface area contributed by atoms with E-state index in [0.29, 0.717) is 40.3 Å². The fraction of sp³-hybridized carbons (Fsp3) is 0.176. The molecule has 2 heterocycles. The molecule has 206 valence electrons. The van der Waals surface area contributed by atoms with E-state index in [-0.39, 0.29) is 11.8 Å². The molecule has 7 heteroatoms. The Bertz CT molecular complexity index is 1700. The number of benzene rings is 4. The number of fused-ring (bicyclic) bond motifs is 4. The number of nitrogens with zero attached hydrogens (tertiary/aromatic N) is 2. The summed E-state index contributed by atoms with van der Waals surface area (Å²) in [5.74, 6) is -0.0469. The Morgan fingerprint density at radius 2 is 1.05 bits per heavy atom. The number of carbonyl (C=O) groups is 2. The molecule has 0 aliphatic heterocycles. The van der Waals surface area contributed by atoms with Gasteiger partial charge in [-0.15, -0.1) is 0 Å². The van der Waals surface area contributed by atoms with Crippen LogP contribution in [0.4, 0.5) is 11.4 Å². The summed E-state index contributed by atoms with van der Waals surface area (Å²) >= 11 is 6.58. The highest BCUT2D eigenvalue weighted by Crippen LogP contribution is 2.33. The largest absolute Gasteiger partial charge is 0.326 e. The lowest BCUT2D eigenvalue weighted by Gasteiger charge is -2.10. The summed E-state index contributed by atoms with van der Waals surface area (Å²) < 4.78 is 0. The molecule has 4 aromatic carbocycles. The molecule has 0 fully saturated rings. The second-order valence-corrected chi connectivity index (χ2v) is 10.2. The van der Waals surface area contributed by atoms with Gasteiger partial charge in [0.15, 0.2) is 0 Å². The molecule has 41 heavy (non-hydrogen) atoms. The number of nitrogens with one attached hydrogen (secondary N) is 2. The van der Waals surface area contributed by atoms with Gasteiger partial charge in [0.1, 0.15) is 0 Å². The lowest BCUT2D eigenvalue weighted by molar-refractivity contribution is -0.117. The minimum atomic E-state index is -0.0235. The molecule has 6 nitrogen and oxygen atoms in total. The van der Waals surface area contributed by atoms with Crippen LogP contribution in [0.25, 0.3) is 43.6 Å². The van der Waals surface area contributed by atoms with Crippen molar-refractivity contribution in [2.45, 2.75) is 39.5 Å². The van der Waals surface area contributed by atoms with Crippen LogP contribution < -0.4 is 10.6 Å². The number of aromatic nitrogens is 2. The summed E-state index contributed by atoms with van der Waals surface area (Å²) in [6, 6.07) is 29.6. The van der Waals surface area contributed by atoms with Crippen molar-refractivity contribution in [3.63, 3.8) is 0 Å². The first kappa shape index (κ1) is 28.0. The monoisotopic (exact) mass is 562 g/mol. The maximum atomic E-state index is 11.8. The SMILES string of the molecule is CCCC(=O)Nc1ccc2c(Cl)c3ccc(NC(=O)CCC)cc3nc2c1.c1ccc2nc3ccccc3cc2c1. The molecule has 6 aromatic rings. The predicted molar refractivity (Wildman–Crippen MR) is 171 cm³/mol. The first-order valence-electron chi connectivity index (χ1n) is 13.8. The van der Waals surface area contributed by atoms with Gasteiger partial charge in [-0.1, -0.05) is 61.8 Å². The lowest BCUT2D eigenvalue weighted by Crippen LogP contribution is -2.10. The maximum Gasteiger partial charge on any atom is 0.224 e. The van der Waals surface area contributed by atoms with Gasteiger partial charge >= 0.3 is 0 Å². The number of rotatable bonds is 6. The van der Waals surface area contributed by atoms with Crippen molar-refractivity contribution >= 4 is 78.4 Å². The second-order valence-electron chi connectivity index (χ2n) is 9.86. The Labute approximate surface area is 243 Å². The van der Waals surface area contributed by atoms with Crippen LogP contribution in [-0.4, -0.2) is 21.8 Å². The average Bonchev–Trinajstić information content (AvgIpc) is 2.96. The fourth-order valence-corrected chi connectivity index (χ4v) is 4.99. The van der Waals surface area contributed by atoms with E-state index in [4.69, 9.17) is 11.6 Å². The number of anilines is 2. The van der Waals surface area contributed by atoms with Crippen LogP contribution in [0.15, 0.2) is 91.0 Å². The van der Waals surface area contributed by atoms with Crippen molar-refractivity contribution in [2.24, 2.45) is 0 Å². The number of halogens is 1. The minimum Gasteiger partial charge on any atom is -0.326 e. The van der Waals surface area contributed by atoms with Crippen molar-refractivity contribution in [1.29, 1.82) is 0 Å². The van der Waals surface area contributed by atoms with Gasteiger partial charge in [0.05, 0.1) is 27.1 Å². The van der Waals surface area contributed by atoms with Crippen LogP contribution in [0.2, 0.25) is 5.02 Å². The molecule has 6 rings (SSSR count).